The third kappa shape index (κ3) is 4.05. The molecule has 0 aliphatic carbocycles. The summed E-state index contributed by atoms with van der Waals surface area (Å²) in [7, 11) is 0. The number of hydrogen-bond donors (Lipinski definition) is 1. The van der Waals surface area contributed by atoms with Crippen LogP contribution in [0.3, 0.4) is 0 Å². The molecule has 0 amide bonds. The molecule has 1 unspecified atom stereocenters. The summed E-state index contributed by atoms with van der Waals surface area (Å²) in [5.41, 5.74) is 3.53. The molecule has 1 aliphatic heterocycles. The predicted molar refractivity (Wildman–Crippen MR) is 93.3 cm³/mol. The van der Waals surface area contributed by atoms with E-state index in [9.17, 15) is 4.79 Å². The lowest BCUT2D eigenvalue weighted by Crippen LogP contribution is -2.31. The molecule has 23 heavy (non-hydrogen) atoms. The van der Waals surface area contributed by atoms with Gasteiger partial charge in [0.05, 0.1) is 6.42 Å². The van der Waals surface area contributed by atoms with Gasteiger partial charge in [0.1, 0.15) is 0 Å². The van der Waals surface area contributed by atoms with E-state index in [0.29, 0.717) is 0 Å². The van der Waals surface area contributed by atoms with Crippen LogP contribution in [0.15, 0.2) is 48.5 Å². The van der Waals surface area contributed by atoms with Gasteiger partial charge in [-0.2, -0.15) is 0 Å². The van der Waals surface area contributed by atoms with Crippen molar-refractivity contribution < 1.29 is 9.90 Å². The largest absolute Gasteiger partial charge is 0.481 e. The zero-order valence-corrected chi connectivity index (χ0v) is 13.7. The maximum absolute atomic E-state index is 11.0. The Kier molecular flexibility index (Phi) is 4.87. The van der Waals surface area contributed by atoms with E-state index in [4.69, 9.17) is 16.7 Å². The monoisotopic (exact) mass is 329 g/mol. The number of carboxylic acids is 1. The first-order valence-electron chi connectivity index (χ1n) is 7.93. The second-order valence-corrected chi connectivity index (χ2v) is 6.50. The van der Waals surface area contributed by atoms with Gasteiger partial charge in [-0.25, -0.2) is 0 Å². The number of halogens is 1. The molecule has 1 saturated heterocycles. The molecule has 1 aliphatic rings. The van der Waals surface area contributed by atoms with E-state index in [2.05, 4.69) is 35.2 Å². The van der Waals surface area contributed by atoms with Crippen LogP contribution in [0.25, 0.3) is 0 Å². The zero-order chi connectivity index (χ0) is 16.2. The van der Waals surface area contributed by atoms with Crippen LogP contribution in [0.2, 0.25) is 5.02 Å². The molecular weight excluding hydrogens is 310 g/mol. The number of rotatable bonds is 5. The van der Waals surface area contributed by atoms with E-state index in [1.165, 1.54) is 11.1 Å². The topological polar surface area (TPSA) is 40.5 Å². The summed E-state index contributed by atoms with van der Waals surface area (Å²) in [5.74, 6) is -0.723. The van der Waals surface area contributed by atoms with E-state index >= 15 is 0 Å². The second-order valence-electron chi connectivity index (χ2n) is 6.06. The standard InChI is InChI=1S/C19H20ClNO2/c20-16-4-1-3-15(12-16)11-14-6-8-17(9-7-14)21-10-2-5-18(21)13-19(22)23/h1,3-4,6-9,12,18H,2,5,10-11,13H2,(H,22,23). The van der Waals surface area contributed by atoms with E-state index in [0.717, 1.165) is 36.5 Å². The predicted octanol–water partition coefficient (Wildman–Crippen LogP) is 4.37. The van der Waals surface area contributed by atoms with Gasteiger partial charge in [0, 0.05) is 23.3 Å². The smallest absolute Gasteiger partial charge is 0.305 e. The first-order chi connectivity index (χ1) is 11.1. The van der Waals surface area contributed by atoms with Crippen molar-refractivity contribution in [2.24, 2.45) is 0 Å². The Morgan fingerprint density at radius 1 is 1.17 bits per heavy atom. The molecule has 0 bridgehead atoms. The number of carbonyl (C=O) groups is 1. The van der Waals surface area contributed by atoms with Crippen LogP contribution in [0.1, 0.15) is 30.4 Å². The fourth-order valence-electron chi connectivity index (χ4n) is 3.28. The summed E-state index contributed by atoms with van der Waals surface area (Å²) in [5, 5.41) is 9.79. The maximum atomic E-state index is 11.0. The lowest BCUT2D eigenvalue weighted by Gasteiger charge is -2.26. The normalized spacial score (nSPS) is 17.4. The summed E-state index contributed by atoms with van der Waals surface area (Å²) >= 11 is 6.03. The second kappa shape index (κ2) is 7.05. The van der Waals surface area contributed by atoms with Crippen molar-refractivity contribution in [2.75, 3.05) is 11.4 Å². The fourth-order valence-corrected chi connectivity index (χ4v) is 3.49. The molecule has 3 nitrogen and oxygen atoms in total. The number of benzene rings is 2. The molecule has 1 heterocycles. The van der Waals surface area contributed by atoms with Crippen molar-refractivity contribution in [3.63, 3.8) is 0 Å². The van der Waals surface area contributed by atoms with Crippen LogP contribution in [0, 0.1) is 0 Å². The minimum Gasteiger partial charge on any atom is -0.481 e. The van der Waals surface area contributed by atoms with Gasteiger partial charge in [-0.3, -0.25) is 4.79 Å². The molecular formula is C19H20ClNO2. The lowest BCUT2D eigenvalue weighted by atomic mass is 10.0. The van der Waals surface area contributed by atoms with Crippen LogP contribution in [-0.4, -0.2) is 23.7 Å². The molecule has 1 fully saturated rings. The summed E-state index contributed by atoms with van der Waals surface area (Å²) in [6.07, 6.45) is 3.07. The van der Waals surface area contributed by atoms with Crippen molar-refractivity contribution in [1.82, 2.24) is 0 Å². The SMILES string of the molecule is O=C(O)CC1CCCN1c1ccc(Cc2cccc(Cl)c2)cc1. The van der Waals surface area contributed by atoms with Gasteiger partial charge >= 0.3 is 5.97 Å². The van der Waals surface area contributed by atoms with Gasteiger partial charge in [0.25, 0.3) is 0 Å². The van der Waals surface area contributed by atoms with E-state index in [1.54, 1.807) is 0 Å². The molecule has 4 heteroatoms. The molecule has 1 N–H and O–H groups in total. The number of aliphatic carboxylic acids is 1. The third-order valence-corrected chi connectivity index (χ3v) is 4.59. The molecule has 0 spiro atoms. The van der Waals surface area contributed by atoms with Gasteiger partial charge in [0.2, 0.25) is 0 Å². The molecule has 0 aromatic heterocycles. The van der Waals surface area contributed by atoms with Crippen molar-refractivity contribution >= 4 is 23.3 Å². The quantitative estimate of drug-likeness (QED) is 0.885. The highest BCUT2D eigenvalue weighted by Crippen LogP contribution is 2.28. The summed E-state index contributed by atoms with van der Waals surface area (Å²) in [4.78, 5) is 13.2. The van der Waals surface area contributed by atoms with Crippen molar-refractivity contribution in [1.29, 1.82) is 0 Å². The fraction of sp³-hybridized carbons (Fsp3) is 0.316. The van der Waals surface area contributed by atoms with Gasteiger partial charge < -0.3 is 10.0 Å². The minimum atomic E-state index is -0.723. The summed E-state index contributed by atoms with van der Waals surface area (Å²) < 4.78 is 0. The third-order valence-electron chi connectivity index (χ3n) is 4.35. The Bertz CT molecular complexity index is 684. The average molecular weight is 330 g/mol. The van der Waals surface area contributed by atoms with Gasteiger partial charge in [-0.15, -0.1) is 0 Å². The average Bonchev–Trinajstić information content (AvgIpc) is 2.95. The van der Waals surface area contributed by atoms with Crippen molar-refractivity contribution in [3.05, 3.63) is 64.7 Å². The number of anilines is 1. The van der Waals surface area contributed by atoms with Crippen LogP contribution < -0.4 is 4.90 Å². The van der Waals surface area contributed by atoms with Gasteiger partial charge in [-0.1, -0.05) is 35.9 Å². The highest BCUT2D eigenvalue weighted by Gasteiger charge is 2.26. The Morgan fingerprint density at radius 3 is 2.65 bits per heavy atom. The first kappa shape index (κ1) is 15.9. The lowest BCUT2D eigenvalue weighted by molar-refractivity contribution is -0.137. The zero-order valence-electron chi connectivity index (χ0n) is 12.9. The number of carboxylic acid groups (broad SMARTS) is 1. The van der Waals surface area contributed by atoms with Crippen molar-refractivity contribution in [2.45, 2.75) is 31.7 Å². The molecule has 120 valence electrons. The highest BCUT2D eigenvalue weighted by atomic mass is 35.5. The maximum Gasteiger partial charge on any atom is 0.305 e. The van der Waals surface area contributed by atoms with Crippen molar-refractivity contribution in [3.8, 4) is 0 Å². The Hall–Kier alpha value is -2.00. The van der Waals surface area contributed by atoms with E-state index < -0.39 is 5.97 Å². The van der Waals surface area contributed by atoms with Crippen LogP contribution in [0.4, 0.5) is 5.69 Å². The summed E-state index contributed by atoms with van der Waals surface area (Å²) in [6, 6.07) is 16.4. The molecule has 1 atom stereocenters. The summed E-state index contributed by atoms with van der Waals surface area (Å²) in [6.45, 7) is 0.936. The molecule has 2 aromatic carbocycles. The van der Waals surface area contributed by atoms with E-state index in [1.807, 2.05) is 18.2 Å². The first-order valence-corrected chi connectivity index (χ1v) is 8.31. The van der Waals surface area contributed by atoms with E-state index in [-0.39, 0.29) is 12.5 Å². The van der Waals surface area contributed by atoms with Crippen LogP contribution in [0.5, 0.6) is 0 Å². The number of hydrogen-bond acceptors (Lipinski definition) is 2. The minimum absolute atomic E-state index is 0.117. The van der Waals surface area contributed by atoms with Crippen LogP contribution in [-0.2, 0) is 11.2 Å². The molecule has 3 rings (SSSR count). The number of nitrogens with zero attached hydrogens (tertiary/aromatic N) is 1. The Morgan fingerprint density at radius 2 is 1.96 bits per heavy atom. The van der Waals surface area contributed by atoms with Gasteiger partial charge in [-0.05, 0) is 54.7 Å². The Labute approximate surface area is 141 Å². The molecule has 0 radical (unpaired) electrons. The molecule has 0 saturated carbocycles. The van der Waals surface area contributed by atoms with Gasteiger partial charge in [0.15, 0.2) is 0 Å². The molecule has 2 aromatic rings. The van der Waals surface area contributed by atoms with Crippen LogP contribution >= 0.6 is 11.6 Å². The highest BCUT2D eigenvalue weighted by molar-refractivity contribution is 6.30. The Balaban J connectivity index is 1.70.